The fraction of sp³-hybridized carbons (Fsp3) is 0.529. The first kappa shape index (κ1) is 14.0. The Kier molecular flexibility index (Phi) is 3.83. The van der Waals surface area contributed by atoms with Crippen LogP contribution in [0.4, 0.5) is 0 Å². The Hall–Kier alpha value is -0.930. The summed E-state index contributed by atoms with van der Waals surface area (Å²) in [5.41, 5.74) is 3.17. The lowest BCUT2D eigenvalue weighted by Gasteiger charge is -2.33. The van der Waals surface area contributed by atoms with Gasteiger partial charge in [0.1, 0.15) is 0 Å². The first-order chi connectivity index (χ1) is 9.66. The molecule has 0 saturated heterocycles. The van der Waals surface area contributed by atoms with Gasteiger partial charge in [-0.2, -0.15) is 11.8 Å². The van der Waals surface area contributed by atoms with E-state index in [1.165, 1.54) is 35.1 Å². The van der Waals surface area contributed by atoms with Crippen LogP contribution in [-0.2, 0) is 6.42 Å². The van der Waals surface area contributed by atoms with Crippen LogP contribution in [0.2, 0.25) is 0 Å². The van der Waals surface area contributed by atoms with Crippen LogP contribution < -0.4 is 0 Å². The van der Waals surface area contributed by atoms with Crippen molar-refractivity contribution in [2.45, 2.75) is 37.8 Å². The van der Waals surface area contributed by atoms with Crippen LogP contribution in [0, 0.1) is 0 Å². The van der Waals surface area contributed by atoms with E-state index < -0.39 is 0 Å². The molecule has 1 aliphatic rings. The molecule has 0 amide bonds. The van der Waals surface area contributed by atoms with Crippen molar-refractivity contribution in [3.05, 3.63) is 36.0 Å². The molecule has 0 spiro atoms. The van der Waals surface area contributed by atoms with E-state index in [9.17, 15) is 0 Å². The fourth-order valence-electron chi connectivity index (χ4n) is 3.24. The second-order valence-corrected chi connectivity index (χ2v) is 7.05. The molecule has 0 bridgehead atoms. The number of aromatic nitrogens is 1. The quantitative estimate of drug-likeness (QED) is 0.868. The van der Waals surface area contributed by atoms with Gasteiger partial charge in [-0.3, -0.25) is 4.90 Å². The highest BCUT2D eigenvalue weighted by atomic mass is 32.2. The molecule has 2 nitrogen and oxygen atoms in total. The predicted molar refractivity (Wildman–Crippen MR) is 89.6 cm³/mol. The molecule has 2 aromatic rings. The lowest BCUT2D eigenvalue weighted by atomic mass is 10.0. The normalized spacial score (nSPS) is 18.6. The third-order valence-electron chi connectivity index (χ3n) is 4.84. The zero-order chi connectivity index (χ0) is 14.2. The van der Waals surface area contributed by atoms with E-state index in [1.54, 1.807) is 0 Å². The van der Waals surface area contributed by atoms with Crippen LogP contribution in [-0.4, -0.2) is 40.5 Å². The summed E-state index contributed by atoms with van der Waals surface area (Å²) in [5, 5.41) is 1.38. The van der Waals surface area contributed by atoms with Gasteiger partial charge >= 0.3 is 0 Å². The van der Waals surface area contributed by atoms with Gasteiger partial charge in [0, 0.05) is 34.4 Å². The maximum Gasteiger partial charge on any atom is 0.0456 e. The molecule has 0 unspecified atom stereocenters. The first-order valence-electron chi connectivity index (χ1n) is 7.43. The summed E-state index contributed by atoms with van der Waals surface area (Å²) < 4.78 is 0. The Balaban J connectivity index is 1.74. The van der Waals surface area contributed by atoms with Crippen LogP contribution in [0.3, 0.4) is 0 Å². The molecule has 1 saturated carbocycles. The first-order valence-corrected chi connectivity index (χ1v) is 8.82. The molecule has 0 aliphatic heterocycles. The van der Waals surface area contributed by atoms with Crippen LogP contribution in [0.25, 0.3) is 10.9 Å². The summed E-state index contributed by atoms with van der Waals surface area (Å²) in [7, 11) is 2.31. The third-order valence-corrected chi connectivity index (χ3v) is 5.67. The van der Waals surface area contributed by atoms with Gasteiger partial charge in [0.15, 0.2) is 0 Å². The maximum absolute atomic E-state index is 3.39. The number of thioether (sulfide) groups is 1. The van der Waals surface area contributed by atoms with Gasteiger partial charge in [0.05, 0.1) is 0 Å². The number of benzene rings is 1. The number of hydrogen-bond donors (Lipinski definition) is 1. The number of nitrogens with zero attached hydrogens (tertiary/aromatic N) is 1. The Morgan fingerprint density at radius 1 is 1.35 bits per heavy atom. The number of fused-ring (bicyclic) bond motifs is 1. The minimum atomic E-state index is 0.477. The van der Waals surface area contributed by atoms with Crippen molar-refractivity contribution in [3.8, 4) is 0 Å². The molecule has 0 radical (unpaired) electrons. The number of rotatable bonds is 6. The molecule has 1 fully saturated rings. The highest BCUT2D eigenvalue weighted by Crippen LogP contribution is 2.44. The number of para-hydroxylation sites is 1. The number of H-pyrrole nitrogens is 1. The summed E-state index contributed by atoms with van der Waals surface area (Å²) in [4.78, 5) is 6.01. The number of hydrogen-bond acceptors (Lipinski definition) is 2. The summed E-state index contributed by atoms with van der Waals surface area (Å²) in [5.74, 6) is 1.27. The maximum atomic E-state index is 3.39. The molecule has 3 rings (SSSR count). The van der Waals surface area contributed by atoms with Gasteiger partial charge in [0.2, 0.25) is 0 Å². The van der Waals surface area contributed by atoms with E-state index in [-0.39, 0.29) is 0 Å². The zero-order valence-corrected chi connectivity index (χ0v) is 13.5. The number of aromatic amines is 1. The topological polar surface area (TPSA) is 19.0 Å². The van der Waals surface area contributed by atoms with Gasteiger partial charge in [0.25, 0.3) is 0 Å². The monoisotopic (exact) mass is 288 g/mol. The van der Waals surface area contributed by atoms with Gasteiger partial charge < -0.3 is 4.98 Å². The minimum absolute atomic E-state index is 0.477. The lowest BCUT2D eigenvalue weighted by Crippen LogP contribution is -2.43. The molecule has 1 aliphatic carbocycles. The average molecular weight is 288 g/mol. The van der Waals surface area contributed by atoms with Crippen LogP contribution in [0.1, 0.15) is 25.3 Å². The lowest BCUT2D eigenvalue weighted by molar-refractivity contribution is 0.181. The van der Waals surface area contributed by atoms with Gasteiger partial charge in [-0.05, 0) is 51.1 Å². The second kappa shape index (κ2) is 5.45. The Morgan fingerprint density at radius 3 is 2.80 bits per heavy atom. The Labute approximate surface area is 125 Å². The van der Waals surface area contributed by atoms with E-state index in [0.717, 1.165) is 6.42 Å². The Morgan fingerprint density at radius 2 is 2.10 bits per heavy atom. The average Bonchev–Trinajstić information content (AvgIpc) is 3.14. The molecule has 108 valence electrons. The fourth-order valence-corrected chi connectivity index (χ4v) is 4.26. The summed E-state index contributed by atoms with van der Waals surface area (Å²) in [6.07, 6.45) is 8.25. The zero-order valence-electron chi connectivity index (χ0n) is 12.6. The molecule has 20 heavy (non-hydrogen) atoms. The van der Waals surface area contributed by atoms with Crippen molar-refractivity contribution in [1.82, 2.24) is 9.88 Å². The van der Waals surface area contributed by atoms with Crippen molar-refractivity contribution in [2.24, 2.45) is 0 Å². The van der Waals surface area contributed by atoms with Crippen molar-refractivity contribution >= 4 is 22.7 Å². The van der Waals surface area contributed by atoms with Gasteiger partial charge in [-0.25, -0.2) is 0 Å². The summed E-state index contributed by atoms with van der Waals surface area (Å²) in [6, 6.07) is 9.19. The molecule has 1 aromatic carbocycles. The highest BCUT2D eigenvalue weighted by Gasteiger charge is 2.47. The van der Waals surface area contributed by atoms with E-state index >= 15 is 0 Å². The minimum Gasteiger partial charge on any atom is -0.361 e. The predicted octanol–water partition coefficient (Wildman–Crippen LogP) is 3.93. The molecule has 1 N–H and O–H groups in total. The van der Waals surface area contributed by atoms with E-state index in [1.807, 2.05) is 11.8 Å². The smallest absolute Gasteiger partial charge is 0.0456 e. The Bertz CT molecular complexity index is 585. The van der Waals surface area contributed by atoms with E-state index in [4.69, 9.17) is 0 Å². The van der Waals surface area contributed by atoms with Gasteiger partial charge in [-0.1, -0.05) is 18.2 Å². The number of nitrogens with one attached hydrogen (secondary N) is 1. The number of likely N-dealkylation sites (N-methyl/N-ethyl adjacent to an activating group) is 1. The molecular weight excluding hydrogens is 264 g/mol. The summed E-state index contributed by atoms with van der Waals surface area (Å²) in [6.45, 7) is 2.36. The summed E-state index contributed by atoms with van der Waals surface area (Å²) >= 11 is 1.98. The third kappa shape index (κ3) is 2.49. The second-order valence-electron chi connectivity index (χ2n) is 6.18. The van der Waals surface area contributed by atoms with Crippen molar-refractivity contribution in [1.29, 1.82) is 0 Å². The van der Waals surface area contributed by atoms with Crippen molar-refractivity contribution in [2.75, 3.05) is 19.1 Å². The van der Waals surface area contributed by atoms with Crippen LogP contribution in [0.5, 0.6) is 0 Å². The molecule has 1 heterocycles. The molecule has 1 aromatic heterocycles. The standard InChI is InChI=1S/C17H24N2S/c1-13(19(2)17(8-9-17)12-20-3)10-14-11-18-16-7-5-4-6-15(14)16/h4-7,11,13,18H,8-10,12H2,1-3H3/t13-/m1/s1. The molecular formula is C17H24N2S. The van der Waals surface area contributed by atoms with E-state index in [0.29, 0.717) is 11.6 Å². The molecule has 3 heteroatoms. The SMILES string of the molecule is CSCC1(N(C)[C@H](C)Cc2c[nH]c3ccccc23)CC1. The largest absolute Gasteiger partial charge is 0.361 e. The van der Waals surface area contributed by atoms with Crippen LogP contribution in [0.15, 0.2) is 30.5 Å². The van der Waals surface area contributed by atoms with Crippen molar-refractivity contribution in [3.63, 3.8) is 0 Å². The van der Waals surface area contributed by atoms with E-state index in [2.05, 4.69) is 60.6 Å². The highest BCUT2D eigenvalue weighted by molar-refractivity contribution is 7.98. The van der Waals surface area contributed by atoms with Crippen LogP contribution >= 0.6 is 11.8 Å². The molecule has 1 atom stereocenters. The van der Waals surface area contributed by atoms with Crippen molar-refractivity contribution < 1.29 is 0 Å². The van der Waals surface area contributed by atoms with Gasteiger partial charge in [-0.15, -0.1) is 0 Å².